The second-order valence-corrected chi connectivity index (χ2v) is 9.88. The average molecular weight is 645 g/mol. The van der Waals surface area contributed by atoms with Crippen molar-refractivity contribution in [1.29, 1.82) is 0 Å². The fourth-order valence-corrected chi connectivity index (χ4v) is 4.41. The van der Waals surface area contributed by atoms with Crippen LogP contribution >= 0.6 is 38.5 Å². The highest BCUT2D eigenvalue weighted by Crippen LogP contribution is 2.22. The van der Waals surface area contributed by atoms with Gasteiger partial charge in [-0.3, -0.25) is 9.59 Å². The number of aryl methyl sites for hydroxylation is 2. The summed E-state index contributed by atoms with van der Waals surface area (Å²) < 4.78 is 8.65. The molecule has 1 amide bonds. The van der Waals surface area contributed by atoms with Gasteiger partial charge in [0.2, 0.25) is 0 Å². The quantitative estimate of drug-likeness (QED) is 0.212. The number of fused-ring (bicyclic) bond motifs is 1. The molecule has 3 aromatic carbocycles. The van der Waals surface area contributed by atoms with Crippen LogP contribution in [0.25, 0.3) is 10.9 Å². The first-order valence-corrected chi connectivity index (χ1v) is 12.8. The maximum absolute atomic E-state index is 13.0. The topological polar surface area (TPSA) is 85.6 Å². The molecule has 0 aliphatic heterocycles. The van der Waals surface area contributed by atoms with E-state index in [0.29, 0.717) is 28.9 Å². The summed E-state index contributed by atoms with van der Waals surface area (Å²) >= 11 is 5.55. The third-order valence-electron chi connectivity index (χ3n) is 5.16. The highest BCUT2D eigenvalue weighted by Gasteiger charge is 2.10. The van der Waals surface area contributed by atoms with Gasteiger partial charge in [-0.25, -0.2) is 4.98 Å². The molecule has 0 aliphatic carbocycles. The molecule has 0 saturated carbocycles. The van der Waals surface area contributed by atoms with Crippen molar-refractivity contribution < 1.29 is 9.53 Å². The third kappa shape index (κ3) is 6.15. The lowest BCUT2D eigenvalue weighted by Gasteiger charge is -2.10. The zero-order chi connectivity index (χ0) is 24.9. The Hall–Kier alpha value is -3.05. The van der Waals surface area contributed by atoms with Gasteiger partial charge in [0, 0.05) is 16.6 Å². The first kappa shape index (κ1) is 25.1. The Labute approximate surface area is 224 Å². The number of nitrogens with zero attached hydrogens (tertiary/aromatic N) is 3. The van der Waals surface area contributed by atoms with Gasteiger partial charge in [-0.05, 0) is 83.6 Å². The summed E-state index contributed by atoms with van der Waals surface area (Å²) in [5.74, 6) is 0.929. The first-order valence-electron chi connectivity index (χ1n) is 10.9. The van der Waals surface area contributed by atoms with Gasteiger partial charge in [-0.2, -0.15) is 9.78 Å². The highest BCUT2D eigenvalue weighted by molar-refractivity contribution is 14.1. The Morgan fingerprint density at radius 2 is 1.94 bits per heavy atom. The molecule has 0 atom stereocenters. The average Bonchev–Trinajstić information content (AvgIpc) is 2.84. The fraction of sp³-hybridized carbons (Fsp3) is 0.154. The Kier molecular flexibility index (Phi) is 7.97. The van der Waals surface area contributed by atoms with Crippen molar-refractivity contribution in [3.8, 4) is 5.75 Å². The van der Waals surface area contributed by atoms with Crippen LogP contribution in [0.15, 0.2) is 75.0 Å². The molecule has 0 saturated heterocycles. The smallest absolute Gasteiger partial charge is 0.282 e. The van der Waals surface area contributed by atoms with Gasteiger partial charge >= 0.3 is 0 Å². The van der Waals surface area contributed by atoms with Gasteiger partial charge < -0.3 is 10.1 Å². The van der Waals surface area contributed by atoms with Crippen molar-refractivity contribution in [1.82, 2.24) is 9.66 Å². The number of nitrogens with one attached hydrogen (secondary N) is 1. The molecule has 1 aromatic heterocycles. The van der Waals surface area contributed by atoms with E-state index in [1.165, 1.54) is 4.68 Å². The normalized spacial score (nSPS) is 11.2. The minimum Gasteiger partial charge on any atom is -0.483 e. The molecular formula is C26H22BrIN4O3. The lowest BCUT2D eigenvalue weighted by atomic mass is 10.2. The van der Waals surface area contributed by atoms with Crippen LogP contribution in [0.4, 0.5) is 5.69 Å². The van der Waals surface area contributed by atoms with E-state index >= 15 is 0 Å². The molecule has 1 heterocycles. The van der Waals surface area contributed by atoms with Crippen LogP contribution in [0, 0.1) is 10.5 Å². The molecule has 0 aliphatic rings. The Balaban J connectivity index is 1.48. The molecule has 4 aromatic rings. The molecule has 1 N–H and O–H groups in total. The molecule has 0 bridgehead atoms. The second kappa shape index (κ2) is 11.1. The number of hydrogen-bond donors (Lipinski definition) is 1. The number of halogens is 2. The lowest BCUT2D eigenvalue weighted by molar-refractivity contribution is -0.118. The minimum absolute atomic E-state index is 0.106. The summed E-state index contributed by atoms with van der Waals surface area (Å²) in [6, 6.07) is 18.5. The SMILES string of the molecule is CCc1nc2ccc(Br)cc2c(=O)n1N=Cc1ccc(OCC(=O)Nc2ccc(C)cc2)c(I)c1. The van der Waals surface area contributed by atoms with E-state index < -0.39 is 0 Å². The molecule has 35 heavy (non-hydrogen) atoms. The van der Waals surface area contributed by atoms with Gasteiger partial charge in [0.05, 0.1) is 20.7 Å². The molecule has 0 radical (unpaired) electrons. The van der Waals surface area contributed by atoms with Crippen LogP contribution in [-0.2, 0) is 11.2 Å². The van der Waals surface area contributed by atoms with Crippen LogP contribution in [0.5, 0.6) is 5.75 Å². The number of ether oxygens (including phenoxy) is 1. The number of aromatic nitrogens is 2. The van der Waals surface area contributed by atoms with Crippen LogP contribution in [0.1, 0.15) is 23.9 Å². The summed E-state index contributed by atoms with van der Waals surface area (Å²) in [5.41, 5.74) is 3.05. The van der Waals surface area contributed by atoms with E-state index in [1.807, 2.05) is 62.4 Å². The first-order chi connectivity index (χ1) is 16.8. The predicted molar refractivity (Wildman–Crippen MR) is 151 cm³/mol. The van der Waals surface area contributed by atoms with Crippen molar-refractivity contribution in [2.45, 2.75) is 20.3 Å². The van der Waals surface area contributed by atoms with Gasteiger partial charge in [0.25, 0.3) is 11.5 Å². The standard InChI is InChI=1S/C26H22BrIN4O3/c1-3-24-31-22-10-7-18(27)13-20(22)26(34)32(24)29-14-17-6-11-23(21(28)12-17)35-15-25(33)30-19-8-4-16(2)5-9-19/h4-14H,3,15H2,1-2H3,(H,30,33). The van der Waals surface area contributed by atoms with Crippen molar-refractivity contribution in [3.63, 3.8) is 0 Å². The lowest BCUT2D eigenvalue weighted by Crippen LogP contribution is -2.22. The van der Waals surface area contributed by atoms with Crippen molar-refractivity contribution >= 4 is 67.2 Å². The van der Waals surface area contributed by atoms with Crippen molar-refractivity contribution in [3.05, 3.63) is 96.0 Å². The number of carbonyl (C=O) groups is 1. The fourth-order valence-electron chi connectivity index (χ4n) is 3.36. The molecular weight excluding hydrogens is 623 g/mol. The number of carbonyl (C=O) groups excluding carboxylic acids is 1. The minimum atomic E-state index is -0.239. The maximum Gasteiger partial charge on any atom is 0.282 e. The number of hydrogen-bond acceptors (Lipinski definition) is 5. The molecule has 7 nitrogen and oxygen atoms in total. The Morgan fingerprint density at radius 1 is 1.17 bits per heavy atom. The molecule has 0 fully saturated rings. The molecule has 178 valence electrons. The third-order valence-corrected chi connectivity index (χ3v) is 6.50. The number of anilines is 1. The second-order valence-electron chi connectivity index (χ2n) is 7.80. The summed E-state index contributed by atoms with van der Waals surface area (Å²) in [6.07, 6.45) is 2.18. The largest absolute Gasteiger partial charge is 0.483 e. The number of benzene rings is 3. The summed E-state index contributed by atoms with van der Waals surface area (Å²) in [4.78, 5) is 29.8. The monoisotopic (exact) mass is 644 g/mol. The Morgan fingerprint density at radius 3 is 2.66 bits per heavy atom. The number of rotatable bonds is 7. The summed E-state index contributed by atoms with van der Waals surface area (Å²) in [6.45, 7) is 3.82. The predicted octanol–water partition coefficient (Wildman–Crippen LogP) is 5.53. The summed E-state index contributed by atoms with van der Waals surface area (Å²) in [5, 5.41) is 7.73. The van der Waals surface area contributed by atoms with Crippen molar-refractivity contribution in [2.24, 2.45) is 5.10 Å². The molecule has 0 unspecified atom stereocenters. The summed E-state index contributed by atoms with van der Waals surface area (Å²) in [7, 11) is 0. The zero-order valence-electron chi connectivity index (χ0n) is 19.1. The van der Waals surface area contributed by atoms with Gasteiger partial charge in [0.1, 0.15) is 11.6 Å². The highest BCUT2D eigenvalue weighted by atomic mass is 127. The van der Waals surface area contributed by atoms with Crippen LogP contribution in [0.2, 0.25) is 0 Å². The van der Waals surface area contributed by atoms with Crippen LogP contribution in [0.3, 0.4) is 0 Å². The molecule has 4 rings (SSSR count). The van der Waals surface area contributed by atoms with Crippen LogP contribution < -0.4 is 15.6 Å². The van der Waals surface area contributed by atoms with E-state index in [4.69, 9.17) is 4.74 Å². The molecule has 0 spiro atoms. The van der Waals surface area contributed by atoms with E-state index in [9.17, 15) is 9.59 Å². The van der Waals surface area contributed by atoms with E-state index in [2.05, 4.69) is 53.9 Å². The maximum atomic E-state index is 13.0. The van der Waals surface area contributed by atoms with Gasteiger partial charge in [-0.15, -0.1) is 0 Å². The zero-order valence-corrected chi connectivity index (χ0v) is 22.8. The number of amides is 1. The van der Waals surface area contributed by atoms with Gasteiger partial charge in [0.15, 0.2) is 6.61 Å². The molecule has 9 heteroatoms. The van der Waals surface area contributed by atoms with E-state index in [0.717, 1.165) is 24.9 Å². The van der Waals surface area contributed by atoms with E-state index in [1.54, 1.807) is 18.3 Å². The van der Waals surface area contributed by atoms with Gasteiger partial charge in [-0.1, -0.05) is 40.5 Å². The Bertz CT molecular complexity index is 1480. The van der Waals surface area contributed by atoms with E-state index in [-0.39, 0.29) is 18.1 Å². The van der Waals surface area contributed by atoms with Crippen molar-refractivity contribution in [2.75, 3.05) is 11.9 Å². The van der Waals surface area contributed by atoms with Crippen LogP contribution in [-0.4, -0.2) is 28.4 Å².